The molecule has 1 saturated heterocycles. The molecule has 0 aromatic carbocycles. The highest BCUT2D eigenvalue weighted by Gasteiger charge is 2.41. The van der Waals surface area contributed by atoms with Crippen molar-refractivity contribution in [3.05, 3.63) is 0 Å². The molecule has 1 saturated carbocycles. The summed E-state index contributed by atoms with van der Waals surface area (Å²) in [6.07, 6.45) is 1.25. The zero-order chi connectivity index (χ0) is 9.42. The Morgan fingerprint density at radius 3 is 2.38 bits per heavy atom. The van der Waals surface area contributed by atoms with Gasteiger partial charge < -0.3 is 10.0 Å². The quantitative estimate of drug-likeness (QED) is 0.591. The molecule has 0 spiro atoms. The zero-order valence-corrected chi connectivity index (χ0v) is 7.40. The van der Waals surface area contributed by atoms with Crippen LogP contribution in [0, 0.1) is 11.8 Å². The van der Waals surface area contributed by atoms with E-state index in [1.54, 1.807) is 4.90 Å². The van der Waals surface area contributed by atoms with E-state index < -0.39 is 6.61 Å². The monoisotopic (exact) mass is 183 g/mol. The maximum absolute atomic E-state index is 11.1. The van der Waals surface area contributed by atoms with Crippen molar-refractivity contribution in [3.8, 4) is 0 Å². The highest BCUT2D eigenvalue weighted by Crippen LogP contribution is 2.35. The van der Waals surface area contributed by atoms with Crippen molar-refractivity contribution >= 4 is 11.7 Å². The summed E-state index contributed by atoms with van der Waals surface area (Å²) in [5, 5.41) is 8.65. The fraction of sp³-hybridized carbons (Fsp3) is 0.778. The predicted molar refractivity (Wildman–Crippen MR) is 44.9 cm³/mol. The van der Waals surface area contributed by atoms with Gasteiger partial charge in [0.05, 0.1) is 0 Å². The Labute approximate surface area is 76.5 Å². The standard InChI is InChI=1S/C9H13NO3/c11-5-9(13)10-3-6-1-8(12)2-7(6)4-10/h6-7,11H,1-5H2. The van der Waals surface area contributed by atoms with E-state index in [0.717, 1.165) is 0 Å². The summed E-state index contributed by atoms with van der Waals surface area (Å²) in [7, 11) is 0. The highest BCUT2D eigenvalue weighted by molar-refractivity contribution is 5.83. The molecule has 2 aliphatic rings. The van der Waals surface area contributed by atoms with Crippen LogP contribution in [0.3, 0.4) is 0 Å². The van der Waals surface area contributed by atoms with Crippen LogP contribution in [0.15, 0.2) is 0 Å². The van der Waals surface area contributed by atoms with Crippen LogP contribution in [0.4, 0.5) is 0 Å². The molecule has 0 radical (unpaired) electrons. The first-order valence-corrected chi connectivity index (χ1v) is 4.61. The number of Topliss-reactive ketones (excluding diaryl/α,β-unsaturated/α-hetero) is 1. The third-order valence-corrected chi connectivity index (χ3v) is 3.04. The molecular weight excluding hydrogens is 170 g/mol. The van der Waals surface area contributed by atoms with E-state index in [9.17, 15) is 9.59 Å². The van der Waals surface area contributed by atoms with Crippen molar-refractivity contribution < 1.29 is 14.7 Å². The van der Waals surface area contributed by atoms with Gasteiger partial charge in [0, 0.05) is 25.9 Å². The van der Waals surface area contributed by atoms with Crippen molar-refractivity contribution in [2.24, 2.45) is 11.8 Å². The summed E-state index contributed by atoms with van der Waals surface area (Å²) < 4.78 is 0. The van der Waals surface area contributed by atoms with Crippen LogP contribution >= 0.6 is 0 Å². The number of ketones is 1. The fourth-order valence-corrected chi connectivity index (χ4v) is 2.37. The number of carbonyl (C=O) groups excluding carboxylic acids is 2. The van der Waals surface area contributed by atoms with E-state index in [4.69, 9.17) is 5.11 Å². The number of hydrogen-bond acceptors (Lipinski definition) is 3. The predicted octanol–water partition coefficient (Wildman–Crippen LogP) is -0.584. The van der Waals surface area contributed by atoms with E-state index in [0.29, 0.717) is 43.6 Å². The lowest BCUT2D eigenvalue weighted by Crippen LogP contribution is -2.32. The Bertz CT molecular complexity index is 235. The molecule has 1 heterocycles. The van der Waals surface area contributed by atoms with E-state index in [2.05, 4.69) is 0 Å². The third-order valence-electron chi connectivity index (χ3n) is 3.04. The highest BCUT2D eigenvalue weighted by atomic mass is 16.3. The third kappa shape index (κ3) is 1.46. The summed E-state index contributed by atoms with van der Waals surface area (Å²) in [6.45, 7) is 0.916. The SMILES string of the molecule is O=C1CC2CN(C(=O)CO)CC2C1. The van der Waals surface area contributed by atoms with Crippen LogP contribution in [0.25, 0.3) is 0 Å². The van der Waals surface area contributed by atoms with Gasteiger partial charge in [-0.25, -0.2) is 0 Å². The second-order valence-electron chi connectivity index (χ2n) is 3.92. The van der Waals surface area contributed by atoms with Crippen molar-refractivity contribution in [3.63, 3.8) is 0 Å². The van der Waals surface area contributed by atoms with Crippen molar-refractivity contribution in [2.75, 3.05) is 19.7 Å². The molecule has 2 atom stereocenters. The summed E-state index contributed by atoms with van der Waals surface area (Å²) in [5.74, 6) is 0.846. The molecule has 2 rings (SSSR count). The number of likely N-dealkylation sites (tertiary alicyclic amines) is 1. The minimum Gasteiger partial charge on any atom is -0.387 e. The lowest BCUT2D eigenvalue weighted by atomic mass is 10.0. The number of aliphatic hydroxyl groups excluding tert-OH is 1. The van der Waals surface area contributed by atoms with Crippen molar-refractivity contribution in [2.45, 2.75) is 12.8 Å². The Hall–Kier alpha value is -0.900. The van der Waals surface area contributed by atoms with Crippen LogP contribution in [-0.4, -0.2) is 41.4 Å². The zero-order valence-electron chi connectivity index (χ0n) is 7.40. The second kappa shape index (κ2) is 3.10. The van der Waals surface area contributed by atoms with Crippen LogP contribution in [-0.2, 0) is 9.59 Å². The summed E-state index contributed by atoms with van der Waals surface area (Å²) in [5.41, 5.74) is 0. The largest absolute Gasteiger partial charge is 0.387 e. The molecule has 13 heavy (non-hydrogen) atoms. The molecule has 0 aromatic rings. The maximum atomic E-state index is 11.1. The second-order valence-corrected chi connectivity index (χ2v) is 3.92. The van der Waals surface area contributed by atoms with Gasteiger partial charge in [-0.2, -0.15) is 0 Å². The lowest BCUT2D eigenvalue weighted by molar-refractivity contribution is -0.133. The minimum absolute atomic E-state index is 0.207. The van der Waals surface area contributed by atoms with E-state index >= 15 is 0 Å². The molecule has 1 N–H and O–H groups in total. The normalized spacial score (nSPS) is 32.4. The van der Waals surface area contributed by atoms with E-state index in [1.165, 1.54) is 0 Å². The molecule has 4 nitrogen and oxygen atoms in total. The Kier molecular flexibility index (Phi) is 2.07. The molecule has 4 heteroatoms. The first kappa shape index (κ1) is 8.69. The maximum Gasteiger partial charge on any atom is 0.248 e. The van der Waals surface area contributed by atoms with Crippen LogP contribution in [0.5, 0.6) is 0 Å². The van der Waals surface area contributed by atoms with Gasteiger partial charge in [0.15, 0.2) is 0 Å². The number of fused-ring (bicyclic) bond motifs is 1. The molecule has 2 fully saturated rings. The number of hydrogen-bond donors (Lipinski definition) is 1. The Balaban J connectivity index is 1.97. The van der Waals surface area contributed by atoms with Crippen LogP contribution in [0.2, 0.25) is 0 Å². The van der Waals surface area contributed by atoms with E-state index in [-0.39, 0.29) is 5.91 Å². The van der Waals surface area contributed by atoms with Crippen LogP contribution in [0.1, 0.15) is 12.8 Å². The number of nitrogens with zero attached hydrogens (tertiary/aromatic N) is 1. The first-order valence-electron chi connectivity index (χ1n) is 4.61. The van der Waals surface area contributed by atoms with Gasteiger partial charge >= 0.3 is 0 Å². The number of amides is 1. The summed E-state index contributed by atoms with van der Waals surface area (Å²) >= 11 is 0. The number of rotatable bonds is 1. The summed E-state index contributed by atoms with van der Waals surface area (Å²) in [6, 6.07) is 0. The molecule has 0 aromatic heterocycles. The lowest BCUT2D eigenvalue weighted by Gasteiger charge is -2.14. The molecule has 1 aliphatic carbocycles. The van der Waals surface area contributed by atoms with Gasteiger partial charge in [-0.1, -0.05) is 0 Å². The average molecular weight is 183 g/mol. The van der Waals surface area contributed by atoms with Crippen LogP contribution < -0.4 is 0 Å². The van der Waals surface area contributed by atoms with Gasteiger partial charge in [-0.15, -0.1) is 0 Å². The van der Waals surface area contributed by atoms with E-state index in [1.807, 2.05) is 0 Å². The van der Waals surface area contributed by atoms with Gasteiger partial charge in [0.25, 0.3) is 0 Å². The molecule has 0 bridgehead atoms. The molecule has 1 aliphatic heterocycles. The molecule has 72 valence electrons. The summed E-state index contributed by atoms with van der Waals surface area (Å²) in [4.78, 5) is 23.8. The Morgan fingerprint density at radius 2 is 1.92 bits per heavy atom. The van der Waals surface area contributed by atoms with Gasteiger partial charge in [0.2, 0.25) is 5.91 Å². The van der Waals surface area contributed by atoms with Crippen molar-refractivity contribution in [1.29, 1.82) is 0 Å². The molecular formula is C9H13NO3. The molecule has 2 unspecified atom stereocenters. The van der Waals surface area contributed by atoms with Gasteiger partial charge in [-0.3, -0.25) is 9.59 Å². The van der Waals surface area contributed by atoms with Crippen molar-refractivity contribution in [1.82, 2.24) is 4.90 Å². The number of carbonyl (C=O) groups is 2. The average Bonchev–Trinajstić information content (AvgIpc) is 2.59. The fourth-order valence-electron chi connectivity index (χ4n) is 2.37. The first-order chi connectivity index (χ1) is 6.20. The Morgan fingerprint density at radius 1 is 1.38 bits per heavy atom. The topological polar surface area (TPSA) is 57.6 Å². The van der Waals surface area contributed by atoms with Gasteiger partial charge in [-0.05, 0) is 11.8 Å². The molecule has 1 amide bonds. The smallest absolute Gasteiger partial charge is 0.248 e. The number of aliphatic hydroxyl groups is 1. The minimum atomic E-state index is -0.409. The van der Waals surface area contributed by atoms with Gasteiger partial charge in [0.1, 0.15) is 12.4 Å².